The SMILES string of the molecule is CC(C)(C)OC(=O)NC(=N)N(CCCCCCCCCCCCN(C(=N)NC(=O)OC(C)(C)C)C(=O)OC(C)(C)C)C(=O)OC(C)(C)C. The van der Waals surface area contributed by atoms with Crippen LogP contribution in [0.4, 0.5) is 19.2 Å². The number of guanidine groups is 2. The van der Waals surface area contributed by atoms with Crippen molar-refractivity contribution < 1.29 is 38.1 Å². The molecule has 0 aromatic rings. The maximum absolute atomic E-state index is 12.7. The highest BCUT2D eigenvalue weighted by molar-refractivity contribution is 6.00. The lowest BCUT2D eigenvalue weighted by Gasteiger charge is -2.28. The normalized spacial score (nSPS) is 12.0. The third-order valence-electron chi connectivity index (χ3n) is 6.02. The first-order chi connectivity index (χ1) is 21.8. The number of hydrogen-bond donors (Lipinski definition) is 4. The number of alkyl carbamates (subject to hydrolysis) is 2. The molecule has 4 N–H and O–H groups in total. The smallest absolute Gasteiger partial charge is 0.417 e. The van der Waals surface area contributed by atoms with Crippen LogP contribution in [0.1, 0.15) is 147 Å². The molecule has 0 aliphatic rings. The summed E-state index contributed by atoms with van der Waals surface area (Å²) in [6, 6.07) is 0. The second kappa shape index (κ2) is 20.1. The number of rotatable bonds is 13. The molecule has 278 valence electrons. The predicted octanol–water partition coefficient (Wildman–Crippen LogP) is 8.28. The standard InChI is InChI=1S/C34H64N6O8/c1-31(2,3)45-27(41)37-25(35)39(29(43)47-33(7,8)9)23-21-19-17-15-13-14-16-18-20-22-24-40(30(44)48-34(10,11)12)26(36)38-28(42)46-32(4,5)6/h13-24H2,1-12H3,(H2,35,37,41)(H2,36,38,42). The van der Waals surface area contributed by atoms with Crippen LogP contribution in [0.5, 0.6) is 0 Å². The lowest BCUT2D eigenvalue weighted by molar-refractivity contribution is 0.0338. The Hall–Kier alpha value is -3.58. The monoisotopic (exact) mass is 684 g/mol. The van der Waals surface area contributed by atoms with Crippen LogP contribution in [-0.2, 0) is 18.9 Å². The average molecular weight is 685 g/mol. The summed E-state index contributed by atoms with van der Waals surface area (Å²) in [4.78, 5) is 52.0. The summed E-state index contributed by atoms with van der Waals surface area (Å²) in [6.45, 7) is 21.2. The van der Waals surface area contributed by atoms with E-state index in [4.69, 9.17) is 29.8 Å². The van der Waals surface area contributed by atoms with Gasteiger partial charge in [-0.25, -0.2) is 29.0 Å². The minimum absolute atomic E-state index is 0.231. The molecule has 0 fully saturated rings. The fraction of sp³-hybridized carbons (Fsp3) is 0.824. The van der Waals surface area contributed by atoms with Crippen molar-refractivity contribution >= 4 is 36.3 Å². The summed E-state index contributed by atoms with van der Waals surface area (Å²) in [7, 11) is 0. The van der Waals surface area contributed by atoms with Gasteiger partial charge in [0.25, 0.3) is 0 Å². The molecule has 14 nitrogen and oxygen atoms in total. The Morgan fingerprint density at radius 2 is 0.667 bits per heavy atom. The van der Waals surface area contributed by atoms with Crippen molar-refractivity contribution in [3.63, 3.8) is 0 Å². The van der Waals surface area contributed by atoms with Gasteiger partial charge in [-0.15, -0.1) is 0 Å². The number of carbonyl (C=O) groups is 4. The van der Waals surface area contributed by atoms with E-state index in [1.165, 1.54) is 0 Å². The van der Waals surface area contributed by atoms with Gasteiger partial charge in [-0.3, -0.25) is 21.5 Å². The van der Waals surface area contributed by atoms with Gasteiger partial charge < -0.3 is 18.9 Å². The molecular formula is C34H64N6O8. The fourth-order valence-electron chi connectivity index (χ4n) is 4.11. The Bertz CT molecular complexity index is 983. The maximum Gasteiger partial charge on any atom is 0.417 e. The van der Waals surface area contributed by atoms with Crippen molar-refractivity contribution in [3.8, 4) is 0 Å². The zero-order chi connectivity index (χ0) is 37.3. The van der Waals surface area contributed by atoms with Crippen LogP contribution in [0.2, 0.25) is 0 Å². The highest BCUT2D eigenvalue weighted by atomic mass is 16.6. The molecule has 0 aromatic heterocycles. The molecule has 0 rings (SSSR count). The molecule has 0 aliphatic carbocycles. The largest absolute Gasteiger partial charge is 0.444 e. The number of ether oxygens (including phenoxy) is 4. The van der Waals surface area contributed by atoms with Crippen LogP contribution < -0.4 is 10.6 Å². The van der Waals surface area contributed by atoms with Gasteiger partial charge in [-0.1, -0.05) is 51.4 Å². The number of amides is 4. The van der Waals surface area contributed by atoms with Gasteiger partial charge in [0, 0.05) is 13.1 Å². The van der Waals surface area contributed by atoms with E-state index in [9.17, 15) is 19.2 Å². The average Bonchev–Trinajstić information content (AvgIpc) is 2.84. The van der Waals surface area contributed by atoms with Crippen LogP contribution in [0.3, 0.4) is 0 Å². The van der Waals surface area contributed by atoms with E-state index in [1.807, 2.05) is 0 Å². The van der Waals surface area contributed by atoms with E-state index >= 15 is 0 Å². The molecule has 0 heterocycles. The second-order valence-corrected chi connectivity index (χ2v) is 15.8. The topological polar surface area (TPSA) is 183 Å². The van der Waals surface area contributed by atoms with Crippen LogP contribution in [0.15, 0.2) is 0 Å². The molecule has 0 spiro atoms. The van der Waals surface area contributed by atoms with Gasteiger partial charge in [0.15, 0.2) is 0 Å². The Labute approximate surface area is 288 Å². The lowest BCUT2D eigenvalue weighted by atomic mass is 10.1. The highest BCUT2D eigenvalue weighted by Crippen LogP contribution is 2.16. The minimum atomic E-state index is -0.809. The van der Waals surface area contributed by atoms with Crippen molar-refractivity contribution in [2.24, 2.45) is 0 Å². The van der Waals surface area contributed by atoms with Crippen molar-refractivity contribution in [1.82, 2.24) is 20.4 Å². The highest BCUT2D eigenvalue weighted by Gasteiger charge is 2.29. The fourth-order valence-corrected chi connectivity index (χ4v) is 4.11. The summed E-state index contributed by atoms with van der Waals surface area (Å²) < 4.78 is 21.3. The lowest BCUT2D eigenvalue weighted by Crippen LogP contribution is -2.49. The third kappa shape index (κ3) is 23.7. The second-order valence-electron chi connectivity index (χ2n) is 15.8. The van der Waals surface area contributed by atoms with Crippen LogP contribution in [0, 0.1) is 10.8 Å². The molecule has 0 saturated carbocycles. The van der Waals surface area contributed by atoms with Gasteiger partial charge in [0.05, 0.1) is 0 Å². The predicted molar refractivity (Wildman–Crippen MR) is 186 cm³/mol. The van der Waals surface area contributed by atoms with Crippen LogP contribution in [0.25, 0.3) is 0 Å². The van der Waals surface area contributed by atoms with Crippen LogP contribution in [-0.4, -0.2) is 81.6 Å². The first kappa shape index (κ1) is 44.4. The van der Waals surface area contributed by atoms with E-state index in [0.29, 0.717) is 12.8 Å². The van der Waals surface area contributed by atoms with E-state index in [0.717, 1.165) is 61.2 Å². The third-order valence-corrected chi connectivity index (χ3v) is 6.02. The van der Waals surface area contributed by atoms with Gasteiger partial charge in [-0.2, -0.15) is 0 Å². The van der Waals surface area contributed by atoms with Gasteiger partial charge in [0.1, 0.15) is 22.4 Å². The summed E-state index contributed by atoms with van der Waals surface area (Å²) in [5.41, 5.74) is -2.98. The summed E-state index contributed by atoms with van der Waals surface area (Å²) in [6.07, 6.45) is 6.06. The molecule has 0 saturated heterocycles. The zero-order valence-corrected chi connectivity index (χ0v) is 31.6. The van der Waals surface area contributed by atoms with Crippen LogP contribution >= 0.6 is 0 Å². The number of carbonyl (C=O) groups excluding carboxylic acids is 4. The van der Waals surface area contributed by atoms with Crippen molar-refractivity contribution in [1.29, 1.82) is 10.8 Å². The molecular weight excluding hydrogens is 620 g/mol. The molecule has 48 heavy (non-hydrogen) atoms. The Morgan fingerprint density at radius 3 is 0.896 bits per heavy atom. The summed E-state index contributed by atoms with van der Waals surface area (Å²) >= 11 is 0. The number of nitrogens with one attached hydrogen (secondary N) is 4. The van der Waals surface area contributed by atoms with Gasteiger partial charge >= 0.3 is 24.4 Å². The van der Waals surface area contributed by atoms with E-state index in [2.05, 4.69) is 10.6 Å². The zero-order valence-electron chi connectivity index (χ0n) is 31.6. The quantitative estimate of drug-likeness (QED) is 0.0646. The number of hydrogen-bond acceptors (Lipinski definition) is 10. The van der Waals surface area contributed by atoms with Crippen molar-refractivity contribution in [2.75, 3.05) is 13.1 Å². The van der Waals surface area contributed by atoms with Gasteiger partial charge in [-0.05, 0) is 95.9 Å². The van der Waals surface area contributed by atoms with E-state index < -0.39 is 46.8 Å². The molecule has 4 amide bonds. The van der Waals surface area contributed by atoms with Gasteiger partial charge in [0.2, 0.25) is 11.9 Å². The molecule has 0 atom stereocenters. The summed E-state index contributed by atoms with van der Waals surface area (Å²) in [5.74, 6) is -0.771. The molecule has 14 heteroatoms. The summed E-state index contributed by atoms with van der Waals surface area (Å²) in [5, 5.41) is 21.2. The Kier molecular flexibility index (Phi) is 18.6. The van der Waals surface area contributed by atoms with Crippen molar-refractivity contribution in [2.45, 2.75) is 170 Å². The number of unbranched alkanes of at least 4 members (excludes halogenated alkanes) is 9. The molecule has 0 aliphatic heterocycles. The first-order valence-electron chi connectivity index (χ1n) is 17.0. The Balaban J connectivity index is 4.59. The molecule has 0 aromatic carbocycles. The van der Waals surface area contributed by atoms with E-state index in [-0.39, 0.29) is 25.0 Å². The first-order valence-corrected chi connectivity index (χ1v) is 17.0. The molecule has 0 bridgehead atoms. The molecule has 0 radical (unpaired) electrons. The minimum Gasteiger partial charge on any atom is -0.444 e. The Morgan fingerprint density at radius 1 is 0.438 bits per heavy atom. The number of nitrogens with zero attached hydrogens (tertiary/aromatic N) is 2. The van der Waals surface area contributed by atoms with E-state index in [1.54, 1.807) is 83.1 Å². The molecule has 0 unspecified atom stereocenters. The maximum atomic E-state index is 12.7. The van der Waals surface area contributed by atoms with Crippen molar-refractivity contribution in [3.05, 3.63) is 0 Å².